The van der Waals surface area contributed by atoms with Gasteiger partial charge in [0.15, 0.2) is 0 Å². The first-order valence-corrected chi connectivity index (χ1v) is 8.98. The van der Waals surface area contributed by atoms with E-state index in [1.165, 1.54) is 32.7 Å². The van der Waals surface area contributed by atoms with Gasteiger partial charge in [-0.2, -0.15) is 0 Å². The number of hydrogen-bond acceptors (Lipinski definition) is 2. The van der Waals surface area contributed by atoms with Crippen LogP contribution in [0.2, 0.25) is 0 Å². The second-order valence-electron chi connectivity index (χ2n) is 5.12. The molecule has 4 aromatic rings. The number of aliphatic hydroxyl groups is 1. The number of H-pyrrole nitrogens is 2. The molecule has 0 spiro atoms. The Hall–Kier alpha value is -2.30. The van der Waals surface area contributed by atoms with Crippen LogP contribution in [-0.2, 0) is 0 Å². The zero-order chi connectivity index (χ0) is 18.7. The normalized spacial score (nSPS) is 9.68. The van der Waals surface area contributed by atoms with Crippen molar-refractivity contribution in [2.24, 2.45) is 0 Å². The van der Waals surface area contributed by atoms with Crippen LogP contribution in [0, 0.1) is 0 Å². The SMILES string of the molecule is CC.CCNC.CCO.c1ccc2c(c1)[nH]c1c2ccc2cc[nH]c21. The predicted molar refractivity (Wildman–Crippen MR) is 111 cm³/mol. The molecule has 2 aromatic heterocycles. The van der Waals surface area contributed by atoms with E-state index in [-0.39, 0.29) is 6.61 Å². The Morgan fingerprint density at radius 1 is 0.920 bits per heavy atom. The summed E-state index contributed by atoms with van der Waals surface area (Å²) in [5.41, 5.74) is 3.58. The molecule has 0 saturated carbocycles. The molecule has 4 heteroatoms. The third kappa shape index (κ3) is 5.08. The molecular formula is C21H31N3O. The van der Waals surface area contributed by atoms with Gasteiger partial charge in [0, 0.05) is 34.5 Å². The molecule has 0 aliphatic heterocycles. The maximum absolute atomic E-state index is 7.57. The van der Waals surface area contributed by atoms with E-state index >= 15 is 0 Å². The van der Waals surface area contributed by atoms with Crippen LogP contribution < -0.4 is 5.32 Å². The molecule has 0 unspecified atom stereocenters. The Morgan fingerprint density at radius 3 is 2.20 bits per heavy atom. The van der Waals surface area contributed by atoms with Crippen molar-refractivity contribution in [3.8, 4) is 0 Å². The van der Waals surface area contributed by atoms with Crippen LogP contribution in [0.1, 0.15) is 27.7 Å². The molecular weight excluding hydrogens is 310 g/mol. The Morgan fingerprint density at radius 2 is 1.56 bits per heavy atom. The number of aliphatic hydroxyl groups excluding tert-OH is 1. The number of para-hydroxylation sites is 1. The first-order valence-electron chi connectivity index (χ1n) is 8.98. The monoisotopic (exact) mass is 341 g/mol. The highest BCUT2D eigenvalue weighted by atomic mass is 16.2. The minimum atomic E-state index is 0.250. The molecule has 0 amide bonds. The van der Waals surface area contributed by atoms with Crippen LogP contribution in [0.5, 0.6) is 0 Å². The molecule has 136 valence electrons. The first kappa shape index (κ1) is 20.7. The van der Waals surface area contributed by atoms with Crippen molar-refractivity contribution in [3.63, 3.8) is 0 Å². The summed E-state index contributed by atoms with van der Waals surface area (Å²) in [5, 5.41) is 14.3. The van der Waals surface area contributed by atoms with Gasteiger partial charge in [0.1, 0.15) is 0 Å². The van der Waals surface area contributed by atoms with Gasteiger partial charge in [0.05, 0.1) is 11.0 Å². The number of aromatic nitrogens is 2. The Labute approximate surface area is 150 Å². The van der Waals surface area contributed by atoms with Crippen molar-refractivity contribution in [3.05, 3.63) is 48.7 Å². The van der Waals surface area contributed by atoms with Gasteiger partial charge >= 0.3 is 0 Å². The topological polar surface area (TPSA) is 63.8 Å². The minimum absolute atomic E-state index is 0.250. The van der Waals surface area contributed by atoms with E-state index in [0.29, 0.717) is 0 Å². The molecule has 0 aliphatic rings. The summed E-state index contributed by atoms with van der Waals surface area (Å²) >= 11 is 0. The van der Waals surface area contributed by atoms with E-state index in [0.717, 1.165) is 6.54 Å². The van der Waals surface area contributed by atoms with E-state index < -0.39 is 0 Å². The fraction of sp³-hybridized carbons (Fsp3) is 0.333. The van der Waals surface area contributed by atoms with E-state index in [1.807, 2.05) is 27.1 Å². The number of benzene rings is 2. The van der Waals surface area contributed by atoms with E-state index in [4.69, 9.17) is 5.11 Å². The maximum Gasteiger partial charge on any atom is 0.0710 e. The maximum atomic E-state index is 7.57. The molecule has 2 heterocycles. The highest BCUT2D eigenvalue weighted by Gasteiger charge is 2.06. The molecule has 2 aromatic carbocycles. The summed E-state index contributed by atoms with van der Waals surface area (Å²) in [6.07, 6.45) is 1.98. The highest BCUT2D eigenvalue weighted by molar-refractivity contribution is 6.15. The molecule has 4 nitrogen and oxygen atoms in total. The predicted octanol–water partition coefficient (Wildman–Crippen LogP) is 5.05. The van der Waals surface area contributed by atoms with Crippen LogP contribution in [0.3, 0.4) is 0 Å². The van der Waals surface area contributed by atoms with Gasteiger partial charge in [0.25, 0.3) is 0 Å². The van der Waals surface area contributed by atoms with Crippen LogP contribution in [0.15, 0.2) is 48.7 Å². The summed E-state index contributed by atoms with van der Waals surface area (Å²) < 4.78 is 0. The van der Waals surface area contributed by atoms with Crippen LogP contribution >= 0.6 is 0 Å². The molecule has 0 aliphatic carbocycles. The smallest absolute Gasteiger partial charge is 0.0710 e. The Bertz CT molecular complexity index is 859. The first-order chi connectivity index (χ1) is 12.3. The molecule has 0 atom stereocenters. The van der Waals surface area contributed by atoms with Crippen molar-refractivity contribution in [1.29, 1.82) is 0 Å². The largest absolute Gasteiger partial charge is 0.397 e. The molecule has 0 bridgehead atoms. The highest BCUT2D eigenvalue weighted by Crippen LogP contribution is 2.29. The van der Waals surface area contributed by atoms with Gasteiger partial charge in [-0.25, -0.2) is 0 Å². The summed E-state index contributed by atoms with van der Waals surface area (Å²) in [7, 11) is 1.93. The number of rotatable bonds is 1. The average molecular weight is 341 g/mol. The zero-order valence-electron chi connectivity index (χ0n) is 16.0. The lowest BCUT2D eigenvalue weighted by Gasteiger charge is -1.92. The second kappa shape index (κ2) is 11.3. The molecule has 0 fully saturated rings. The van der Waals surface area contributed by atoms with Crippen LogP contribution in [0.4, 0.5) is 0 Å². The third-order valence-electron chi connectivity index (χ3n) is 3.56. The summed E-state index contributed by atoms with van der Waals surface area (Å²) in [6.45, 7) is 9.07. The number of nitrogens with one attached hydrogen (secondary N) is 3. The Balaban J connectivity index is 0.000000299. The third-order valence-corrected chi connectivity index (χ3v) is 3.56. The van der Waals surface area contributed by atoms with Gasteiger partial charge < -0.3 is 20.4 Å². The summed E-state index contributed by atoms with van der Waals surface area (Å²) in [5.74, 6) is 0. The van der Waals surface area contributed by atoms with Gasteiger partial charge in [-0.05, 0) is 32.6 Å². The molecule has 4 N–H and O–H groups in total. The fourth-order valence-electron chi connectivity index (χ4n) is 2.44. The van der Waals surface area contributed by atoms with E-state index in [1.54, 1.807) is 6.92 Å². The zero-order valence-corrected chi connectivity index (χ0v) is 16.0. The number of aromatic amines is 2. The van der Waals surface area contributed by atoms with Crippen molar-refractivity contribution in [2.45, 2.75) is 27.7 Å². The van der Waals surface area contributed by atoms with Gasteiger partial charge in [0.2, 0.25) is 0 Å². The fourth-order valence-corrected chi connectivity index (χ4v) is 2.44. The lowest BCUT2D eigenvalue weighted by atomic mass is 10.1. The van der Waals surface area contributed by atoms with Crippen LogP contribution in [0.25, 0.3) is 32.7 Å². The summed E-state index contributed by atoms with van der Waals surface area (Å²) in [4.78, 5) is 6.77. The van der Waals surface area contributed by atoms with E-state index in [2.05, 4.69) is 64.7 Å². The number of hydrogen-bond donors (Lipinski definition) is 4. The van der Waals surface area contributed by atoms with Crippen molar-refractivity contribution in [2.75, 3.05) is 20.2 Å². The standard InChI is InChI=1S/C14H10N2.C3H9N.C2H6O.C2H6/c1-2-4-12-10(3-1)11-6-5-9-7-8-15-13(9)14(11)16-12;1-3-4-2;1-2-3;1-2/h1-8,15-16H;4H,3H2,1-2H3;3H,2H2,1H3;1-2H3. The number of fused-ring (bicyclic) bond motifs is 5. The van der Waals surface area contributed by atoms with Crippen molar-refractivity contribution in [1.82, 2.24) is 15.3 Å². The average Bonchev–Trinajstić information content (AvgIpc) is 3.28. The summed E-state index contributed by atoms with van der Waals surface area (Å²) in [6, 6.07) is 14.9. The van der Waals surface area contributed by atoms with Crippen LogP contribution in [-0.4, -0.2) is 35.3 Å². The Kier molecular flexibility index (Phi) is 9.37. The molecule has 0 radical (unpaired) electrons. The van der Waals surface area contributed by atoms with Crippen molar-refractivity contribution >= 4 is 32.7 Å². The second-order valence-corrected chi connectivity index (χ2v) is 5.12. The van der Waals surface area contributed by atoms with Gasteiger partial charge in [-0.1, -0.05) is 51.1 Å². The van der Waals surface area contributed by atoms with Crippen molar-refractivity contribution < 1.29 is 5.11 Å². The lowest BCUT2D eigenvalue weighted by Crippen LogP contribution is -2.01. The van der Waals surface area contributed by atoms with Gasteiger partial charge in [-0.15, -0.1) is 0 Å². The van der Waals surface area contributed by atoms with Gasteiger partial charge in [-0.3, -0.25) is 0 Å². The minimum Gasteiger partial charge on any atom is -0.397 e. The van der Waals surface area contributed by atoms with E-state index in [9.17, 15) is 0 Å². The molecule has 4 rings (SSSR count). The molecule has 0 saturated heterocycles. The lowest BCUT2D eigenvalue weighted by molar-refractivity contribution is 0.318. The molecule has 25 heavy (non-hydrogen) atoms. The quantitative estimate of drug-likeness (QED) is 0.391.